The highest BCUT2D eigenvalue weighted by Gasteiger charge is 2.23. The van der Waals surface area contributed by atoms with Gasteiger partial charge in [0.25, 0.3) is 0 Å². The van der Waals surface area contributed by atoms with E-state index >= 15 is 0 Å². The first kappa shape index (κ1) is 18.1. The Bertz CT molecular complexity index is 823. The molecule has 2 aromatic rings. The van der Waals surface area contributed by atoms with Gasteiger partial charge >= 0.3 is 5.97 Å². The molecule has 0 saturated heterocycles. The number of tetrazole rings is 1. The molecule has 0 aliphatic rings. The van der Waals surface area contributed by atoms with Crippen LogP contribution in [0.5, 0.6) is 5.75 Å². The molecule has 0 spiro atoms. The second-order valence-electron chi connectivity index (χ2n) is 4.67. The molecule has 0 unspecified atom stereocenters. The monoisotopic (exact) mass is 374 g/mol. The zero-order chi connectivity index (χ0) is 17.7. The van der Waals surface area contributed by atoms with Crippen LogP contribution >= 0.6 is 11.6 Å². The summed E-state index contributed by atoms with van der Waals surface area (Å²) in [5.41, 5.74) is 0.0309. The molecular weight excluding hydrogens is 360 g/mol. The molecule has 0 fully saturated rings. The molecule has 0 atom stereocenters. The van der Waals surface area contributed by atoms with Gasteiger partial charge in [0.15, 0.2) is 15.6 Å². The molecule has 1 aromatic carbocycles. The number of ether oxygens (including phenoxy) is 2. The number of aromatic nitrogens is 4. The molecule has 1 heterocycles. The van der Waals surface area contributed by atoms with Crippen molar-refractivity contribution in [2.75, 3.05) is 19.5 Å². The molecule has 2 rings (SSSR count). The minimum atomic E-state index is -3.60. The van der Waals surface area contributed by atoms with E-state index in [9.17, 15) is 13.2 Å². The Morgan fingerprint density at radius 1 is 1.38 bits per heavy atom. The SMILES string of the molecule is CCOC(=O)c1ccc(S(C)(=O)=O)c(OCCn2cnnn2)c1Cl. The van der Waals surface area contributed by atoms with E-state index in [2.05, 4.69) is 15.5 Å². The van der Waals surface area contributed by atoms with Crippen molar-refractivity contribution in [3.05, 3.63) is 29.0 Å². The molecule has 0 N–H and O–H groups in total. The first-order valence-electron chi connectivity index (χ1n) is 6.87. The largest absolute Gasteiger partial charge is 0.489 e. The number of hydrogen-bond acceptors (Lipinski definition) is 8. The molecule has 24 heavy (non-hydrogen) atoms. The van der Waals surface area contributed by atoms with Crippen LogP contribution in [0, 0.1) is 0 Å². The zero-order valence-electron chi connectivity index (χ0n) is 13.0. The van der Waals surface area contributed by atoms with E-state index in [0.717, 1.165) is 6.26 Å². The number of benzene rings is 1. The number of rotatable bonds is 7. The summed E-state index contributed by atoms with van der Waals surface area (Å²) in [6.07, 6.45) is 2.41. The lowest BCUT2D eigenvalue weighted by Crippen LogP contribution is -2.13. The Morgan fingerprint density at radius 2 is 2.12 bits per heavy atom. The van der Waals surface area contributed by atoms with Gasteiger partial charge in [-0.2, -0.15) is 0 Å². The second-order valence-corrected chi connectivity index (χ2v) is 7.03. The van der Waals surface area contributed by atoms with Crippen molar-refractivity contribution in [3.63, 3.8) is 0 Å². The van der Waals surface area contributed by atoms with Crippen LogP contribution in [0.15, 0.2) is 23.4 Å². The number of sulfone groups is 1. The van der Waals surface area contributed by atoms with Crippen molar-refractivity contribution < 1.29 is 22.7 Å². The van der Waals surface area contributed by atoms with Crippen LogP contribution in [0.25, 0.3) is 0 Å². The van der Waals surface area contributed by atoms with Gasteiger partial charge in [0.2, 0.25) is 0 Å². The number of carbonyl (C=O) groups excluding carboxylic acids is 1. The molecule has 0 aliphatic heterocycles. The Morgan fingerprint density at radius 3 is 2.71 bits per heavy atom. The van der Waals surface area contributed by atoms with E-state index in [1.54, 1.807) is 6.92 Å². The van der Waals surface area contributed by atoms with Gasteiger partial charge in [-0.3, -0.25) is 0 Å². The summed E-state index contributed by atoms with van der Waals surface area (Å²) in [6.45, 7) is 2.15. The number of carbonyl (C=O) groups is 1. The van der Waals surface area contributed by atoms with Crippen LogP contribution in [0.3, 0.4) is 0 Å². The highest BCUT2D eigenvalue weighted by molar-refractivity contribution is 7.90. The Labute approximate surface area is 143 Å². The number of nitrogens with zero attached hydrogens (tertiary/aromatic N) is 4. The smallest absolute Gasteiger partial charge is 0.339 e. The molecule has 11 heteroatoms. The Balaban J connectivity index is 2.33. The lowest BCUT2D eigenvalue weighted by molar-refractivity contribution is 0.0526. The van der Waals surface area contributed by atoms with Gasteiger partial charge < -0.3 is 9.47 Å². The van der Waals surface area contributed by atoms with Crippen molar-refractivity contribution in [1.82, 2.24) is 20.2 Å². The molecule has 0 amide bonds. The summed E-state index contributed by atoms with van der Waals surface area (Å²) < 4.78 is 35.6. The molecule has 1 aromatic heterocycles. The predicted octanol–water partition coefficient (Wildman–Crippen LogP) is 0.986. The van der Waals surface area contributed by atoms with Gasteiger partial charge in [0, 0.05) is 6.26 Å². The topological polar surface area (TPSA) is 113 Å². The molecule has 0 bridgehead atoms. The maximum Gasteiger partial charge on any atom is 0.339 e. The third-order valence-corrected chi connectivity index (χ3v) is 4.41. The van der Waals surface area contributed by atoms with Gasteiger partial charge in [0.1, 0.15) is 17.8 Å². The summed E-state index contributed by atoms with van der Waals surface area (Å²) >= 11 is 6.17. The third-order valence-electron chi connectivity index (χ3n) is 2.91. The van der Waals surface area contributed by atoms with Crippen LogP contribution in [0.4, 0.5) is 0 Å². The third kappa shape index (κ3) is 4.20. The molecule has 9 nitrogen and oxygen atoms in total. The van der Waals surface area contributed by atoms with E-state index in [1.165, 1.54) is 23.1 Å². The van der Waals surface area contributed by atoms with Gasteiger partial charge in [-0.1, -0.05) is 11.6 Å². The number of hydrogen-bond donors (Lipinski definition) is 0. The molecule has 0 radical (unpaired) electrons. The van der Waals surface area contributed by atoms with Crippen LogP contribution < -0.4 is 4.74 Å². The lowest BCUT2D eigenvalue weighted by atomic mass is 10.2. The minimum Gasteiger partial charge on any atom is -0.489 e. The van der Waals surface area contributed by atoms with Gasteiger partial charge in [0.05, 0.1) is 23.7 Å². The molecule has 0 aliphatic carbocycles. The van der Waals surface area contributed by atoms with Crippen LogP contribution in [0.1, 0.15) is 17.3 Å². The molecule has 130 valence electrons. The van der Waals surface area contributed by atoms with Gasteiger partial charge in [-0.05, 0) is 29.5 Å². The van der Waals surface area contributed by atoms with E-state index < -0.39 is 15.8 Å². The Kier molecular flexibility index (Phi) is 5.73. The first-order valence-corrected chi connectivity index (χ1v) is 9.14. The van der Waals surface area contributed by atoms with Crippen LogP contribution in [0.2, 0.25) is 5.02 Å². The fourth-order valence-electron chi connectivity index (χ4n) is 1.86. The van der Waals surface area contributed by atoms with Crippen molar-refractivity contribution in [2.24, 2.45) is 0 Å². The fourth-order valence-corrected chi connectivity index (χ4v) is 3.02. The molecule has 0 saturated carbocycles. The second kappa shape index (κ2) is 7.58. The Hall–Kier alpha value is -2.20. The standard InChI is InChI=1S/C13H15ClN4O5S/c1-3-22-13(19)9-4-5-10(24(2,20)21)12(11(9)14)23-7-6-18-8-15-16-17-18/h4-5,8H,3,6-7H2,1-2H3. The first-order chi connectivity index (χ1) is 11.3. The van der Waals surface area contributed by atoms with E-state index in [0.29, 0.717) is 0 Å². The quantitative estimate of drug-likeness (QED) is 0.659. The van der Waals surface area contributed by atoms with Crippen LogP contribution in [-0.2, 0) is 21.1 Å². The van der Waals surface area contributed by atoms with Crippen molar-refractivity contribution in [1.29, 1.82) is 0 Å². The van der Waals surface area contributed by atoms with Crippen LogP contribution in [-0.4, -0.2) is 54.1 Å². The van der Waals surface area contributed by atoms with Crippen molar-refractivity contribution >= 4 is 27.4 Å². The summed E-state index contributed by atoms with van der Waals surface area (Å²) in [6, 6.07) is 2.56. The maximum absolute atomic E-state index is 11.9. The normalized spacial score (nSPS) is 11.3. The number of halogens is 1. The van der Waals surface area contributed by atoms with Gasteiger partial charge in [-0.15, -0.1) is 5.10 Å². The predicted molar refractivity (Wildman–Crippen MR) is 83.8 cm³/mol. The maximum atomic E-state index is 11.9. The zero-order valence-corrected chi connectivity index (χ0v) is 14.5. The highest BCUT2D eigenvalue weighted by Crippen LogP contribution is 2.35. The van der Waals surface area contributed by atoms with E-state index in [4.69, 9.17) is 21.1 Å². The van der Waals surface area contributed by atoms with Crippen molar-refractivity contribution in [3.8, 4) is 5.75 Å². The lowest BCUT2D eigenvalue weighted by Gasteiger charge is -2.14. The highest BCUT2D eigenvalue weighted by atomic mass is 35.5. The fraction of sp³-hybridized carbons (Fsp3) is 0.385. The minimum absolute atomic E-state index is 0.0309. The summed E-state index contributed by atoms with van der Waals surface area (Å²) in [5.74, 6) is -0.759. The van der Waals surface area contributed by atoms with E-state index in [1.807, 2.05) is 0 Å². The van der Waals surface area contributed by atoms with Gasteiger partial charge in [-0.25, -0.2) is 17.9 Å². The average Bonchev–Trinajstić information content (AvgIpc) is 3.01. The summed E-state index contributed by atoms with van der Waals surface area (Å²) in [4.78, 5) is 11.8. The average molecular weight is 375 g/mol. The molecular formula is C13H15ClN4O5S. The summed E-state index contributed by atoms with van der Waals surface area (Å²) in [5, 5.41) is 10.5. The number of esters is 1. The van der Waals surface area contributed by atoms with Crippen molar-refractivity contribution in [2.45, 2.75) is 18.4 Å². The van der Waals surface area contributed by atoms with E-state index in [-0.39, 0.29) is 41.0 Å². The summed E-state index contributed by atoms with van der Waals surface area (Å²) in [7, 11) is -3.60.